The molecule has 3 heterocycles. The van der Waals surface area contributed by atoms with Gasteiger partial charge in [-0.25, -0.2) is 0 Å². The lowest BCUT2D eigenvalue weighted by Gasteiger charge is -2.38. The molecule has 3 aliphatic rings. The molecule has 2 fully saturated rings. The number of benzene rings is 2. The Balaban J connectivity index is 1.28. The molecule has 0 aliphatic carbocycles. The van der Waals surface area contributed by atoms with Gasteiger partial charge in [0, 0.05) is 54.9 Å². The van der Waals surface area contributed by atoms with E-state index in [1.54, 1.807) is 9.80 Å². The summed E-state index contributed by atoms with van der Waals surface area (Å²) in [6.07, 6.45) is 1.94. The molecule has 3 aliphatic heterocycles. The van der Waals surface area contributed by atoms with Crippen LogP contribution in [0.5, 0.6) is 0 Å². The van der Waals surface area contributed by atoms with E-state index < -0.39 is 5.25 Å². The van der Waals surface area contributed by atoms with Crippen LogP contribution >= 0.6 is 23.4 Å². The van der Waals surface area contributed by atoms with E-state index in [0.29, 0.717) is 50.0 Å². The molecule has 1 atom stereocenters. The normalized spacial score (nSPS) is 20.5. The maximum Gasteiger partial charge on any atom is 0.250 e. The zero-order valence-corrected chi connectivity index (χ0v) is 20.4. The van der Waals surface area contributed by atoms with Crippen molar-refractivity contribution in [1.82, 2.24) is 9.80 Å². The molecule has 2 aromatic carbocycles. The van der Waals surface area contributed by atoms with Gasteiger partial charge < -0.3 is 19.6 Å². The Hall–Kier alpha value is -2.71. The number of nitrogens with zero attached hydrogens (tertiary/aromatic N) is 4. The predicted molar refractivity (Wildman–Crippen MR) is 134 cm³/mol. The van der Waals surface area contributed by atoms with Crippen molar-refractivity contribution >= 4 is 52.5 Å². The number of carbonyl (C=O) groups excluding carboxylic acids is 3. The molecule has 7 nitrogen and oxygen atoms in total. The second kappa shape index (κ2) is 9.88. The number of fused-ring (bicyclic) bond motifs is 1. The van der Waals surface area contributed by atoms with Crippen LogP contribution in [0.15, 0.2) is 53.4 Å². The first-order valence-corrected chi connectivity index (χ1v) is 12.9. The third kappa shape index (κ3) is 4.61. The van der Waals surface area contributed by atoms with Crippen LogP contribution in [0.2, 0.25) is 5.02 Å². The summed E-state index contributed by atoms with van der Waals surface area (Å²) in [5.74, 6) is -0.547. The van der Waals surface area contributed by atoms with Crippen molar-refractivity contribution < 1.29 is 14.4 Å². The maximum absolute atomic E-state index is 13.4. The first-order chi connectivity index (χ1) is 16.5. The van der Waals surface area contributed by atoms with Crippen LogP contribution in [0, 0.1) is 0 Å². The summed E-state index contributed by atoms with van der Waals surface area (Å²) in [5, 5.41) is -0.144. The Labute approximate surface area is 208 Å². The van der Waals surface area contributed by atoms with Crippen LogP contribution in [0.25, 0.3) is 0 Å². The minimum absolute atomic E-state index is 0.0582. The van der Waals surface area contributed by atoms with Crippen LogP contribution in [-0.4, -0.2) is 78.6 Å². The van der Waals surface area contributed by atoms with Crippen LogP contribution in [-0.2, 0) is 14.4 Å². The molecule has 0 N–H and O–H groups in total. The molecule has 3 amide bonds. The highest BCUT2D eigenvalue weighted by Crippen LogP contribution is 2.40. The summed E-state index contributed by atoms with van der Waals surface area (Å²) in [6.45, 7) is 3.86. The zero-order valence-electron chi connectivity index (χ0n) is 18.9. The standard InChI is InChI=1S/C25H27ClN4O3S/c26-18-6-5-7-19(16-18)27-12-14-28(15-13-27)22(31)17-30-20-8-1-2-9-21(20)34-23(25(30)33)24(32)29-10-3-4-11-29/h1-2,5-9,16,23H,3-4,10-15,17H2/t23-/m1/s1. The molecular formula is C25H27ClN4O3S. The van der Waals surface area contributed by atoms with Gasteiger partial charge in [-0.1, -0.05) is 29.8 Å². The van der Waals surface area contributed by atoms with Crippen molar-refractivity contribution in [3.63, 3.8) is 0 Å². The first kappa shape index (κ1) is 23.1. The fraction of sp³-hybridized carbons (Fsp3) is 0.400. The number of anilines is 2. The summed E-state index contributed by atoms with van der Waals surface area (Å²) in [5.41, 5.74) is 1.74. The molecule has 0 bridgehead atoms. The second-order valence-electron chi connectivity index (χ2n) is 8.77. The van der Waals surface area contributed by atoms with E-state index in [1.807, 2.05) is 48.5 Å². The number of likely N-dealkylation sites (tertiary alicyclic amines) is 1. The second-order valence-corrected chi connectivity index (χ2v) is 10.4. The van der Waals surface area contributed by atoms with E-state index in [9.17, 15) is 14.4 Å². The Morgan fingerprint density at radius 1 is 0.912 bits per heavy atom. The van der Waals surface area contributed by atoms with Crippen LogP contribution in [0.3, 0.4) is 0 Å². The molecule has 5 rings (SSSR count). The Bertz CT molecular complexity index is 1100. The number of hydrogen-bond acceptors (Lipinski definition) is 5. The molecule has 2 aromatic rings. The highest BCUT2D eigenvalue weighted by molar-refractivity contribution is 8.01. The molecule has 178 valence electrons. The lowest BCUT2D eigenvalue weighted by Crippen LogP contribution is -2.55. The van der Waals surface area contributed by atoms with Gasteiger partial charge in [-0.05, 0) is 43.2 Å². The quantitative estimate of drug-likeness (QED) is 0.606. The van der Waals surface area contributed by atoms with Crippen molar-refractivity contribution in [1.29, 1.82) is 0 Å². The Kier molecular flexibility index (Phi) is 6.70. The molecule has 0 saturated carbocycles. The van der Waals surface area contributed by atoms with Crippen LogP contribution in [0.4, 0.5) is 11.4 Å². The van der Waals surface area contributed by atoms with Crippen molar-refractivity contribution in [2.75, 3.05) is 55.6 Å². The van der Waals surface area contributed by atoms with Gasteiger partial charge in [0.25, 0.3) is 5.91 Å². The third-order valence-electron chi connectivity index (χ3n) is 6.63. The minimum Gasteiger partial charge on any atom is -0.368 e. The number of para-hydroxylation sites is 1. The van der Waals surface area contributed by atoms with Gasteiger partial charge in [-0.3, -0.25) is 14.4 Å². The number of carbonyl (C=O) groups is 3. The fourth-order valence-corrected chi connectivity index (χ4v) is 6.13. The number of halogens is 1. The average Bonchev–Trinajstić information content (AvgIpc) is 3.40. The molecule has 0 unspecified atom stereocenters. The molecule has 34 heavy (non-hydrogen) atoms. The number of piperazine rings is 1. The molecule has 0 radical (unpaired) electrons. The van der Waals surface area contributed by atoms with E-state index in [2.05, 4.69) is 4.90 Å². The number of hydrogen-bond donors (Lipinski definition) is 0. The molecule has 0 aromatic heterocycles. The summed E-state index contributed by atoms with van der Waals surface area (Å²) < 4.78 is 0. The predicted octanol–water partition coefficient (Wildman–Crippen LogP) is 3.12. The Morgan fingerprint density at radius 2 is 1.65 bits per heavy atom. The third-order valence-corrected chi connectivity index (χ3v) is 8.11. The fourth-order valence-electron chi connectivity index (χ4n) is 4.76. The monoisotopic (exact) mass is 498 g/mol. The maximum atomic E-state index is 13.4. The number of amides is 3. The van der Waals surface area contributed by atoms with Crippen LogP contribution < -0.4 is 9.80 Å². The Morgan fingerprint density at radius 3 is 2.38 bits per heavy atom. The number of rotatable bonds is 4. The lowest BCUT2D eigenvalue weighted by atomic mass is 10.2. The van der Waals surface area contributed by atoms with Crippen molar-refractivity contribution in [2.24, 2.45) is 0 Å². The highest BCUT2D eigenvalue weighted by Gasteiger charge is 2.41. The van der Waals surface area contributed by atoms with Gasteiger partial charge in [0.05, 0.1) is 5.69 Å². The van der Waals surface area contributed by atoms with Gasteiger partial charge in [0.1, 0.15) is 6.54 Å². The summed E-state index contributed by atoms with van der Waals surface area (Å²) in [4.78, 5) is 47.9. The largest absolute Gasteiger partial charge is 0.368 e. The molecular weight excluding hydrogens is 472 g/mol. The minimum atomic E-state index is -0.833. The van der Waals surface area contributed by atoms with E-state index in [4.69, 9.17) is 11.6 Å². The molecule has 0 spiro atoms. The van der Waals surface area contributed by atoms with E-state index in [1.165, 1.54) is 16.7 Å². The molecule has 9 heteroatoms. The van der Waals surface area contributed by atoms with Crippen molar-refractivity contribution in [3.05, 3.63) is 53.6 Å². The summed E-state index contributed by atoms with van der Waals surface area (Å²) in [7, 11) is 0. The van der Waals surface area contributed by atoms with Gasteiger partial charge in [-0.15, -0.1) is 11.8 Å². The number of thioether (sulfide) groups is 1. The van der Waals surface area contributed by atoms with Crippen molar-refractivity contribution in [2.45, 2.75) is 23.0 Å². The van der Waals surface area contributed by atoms with E-state index in [0.717, 1.165) is 23.4 Å². The van der Waals surface area contributed by atoms with E-state index >= 15 is 0 Å². The van der Waals surface area contributed by atoms with Gasteiger partial charge in [0.15, 0.2) is 5.25 Å². The lowest BCUT2D eigenvalue weighted by molar-refractivity contribution is -0.135. The highest BCUT2D eigenvalue weighted by atomic mass is 35.5. The first-order valence-electron chi connectivity index (χ1n) is 11.7. The van der Waals surface area contributed by atoms with Crippen molar-refractivity contribution in [3.8, 4) is 0 Å². The SMILES string of the molecule is O=C(CN1C(=O)[C@@H](C(=O)N2CCCC2)Sc2ccccc21)N1CCN(c2cccc(Cl)c2)CC1. The molecule has 2 saturated heterocycles. The van der Waals surface area contributed by atoms with Gasteiger partial charge >= 0.3 is 0 Å². The van der Waals surface area contributed by atoms with E-state index in [-0.39, 0.29) is 24.3 Å². The topological polar surface area (TPSA) is 64.2 Å². The van der Waals surface area contributed by atoms with Gasteiger partial charge in [0.2, 0.25) is 11.8 Å². The summed E-state index contributed by atoms with van der Waals surface area (Å²) in [6, 6.07) is 15.2. The zero-order chi connectivity index (χ0) is 23.7. The summed E-state index contributed by atoms with van der Waals surface area (Å²) >= 11 is 7.43. The smallest absolute Gasteiger partial charge is 0.250 e. The average molecular weight is 499 g/mol. The van der Waals surface area contributed by atoms with Crippen LogP contribution in [0.1, 0.15) is 12.8 Å². The van der Waals surface area contributed by atoms with Gasteiger partial charge in [-0.2, -0.15) is 0 Å².